The third-order valence-corrected chi connectivity index (χ3v) is 3.24. The van der Waals surface area contributed by atoms with Crippen molar-refractivity contribution < 1.29 is 18.0 Å². The van der Waals surface area contributed by atoms with Gasteiger partial charge in [-0.3, -0.25) is 14.5 Å². The van der Waals surface area contributed by atoms with Gasteiger partial charge in [-0.15, -0.1) is 0 Å². The molecule has 2 aromatic heterocycles. The van der Waals surface area contributed by atoms with E-state index in [2.05, 4.69) is 15.4 Å². The summed E-state index contributed by atoms with van der Waals surface area (Å²) in [5.41, 5.74) is -0.720. The van der Waals surface area contributed by atoms with Crippen LogP contribution in [0.2, 0.25) is 0 Å². The molecule has 1 N–H and O–H groups in total. The number of aryl methyl sites for hydroxylation is 1. The highest BCUT2D eigenvalue weighted by Crippen LogP contribution is 2.31. The Kier molecular flexibility index (Phi) is 3.51. The number of anilines is 1. The number of carbonyl (C=O) groups excluding carboxylic acids is 1. The molecule has 0 fully saturated rings. The zero-order valence-corrected chi connectivity index (χ0v) is 11.9. The molecule has 1 aromatic carbocycles. The molecule has 0 bridgehead atoms. The van der Waals surface area contributed by atoms with Crippen molar-refractivity contribution in [1.82, 2.24) is 14.8 Å². The summed E-state index contributed by atoms with van der Waals surface area (Å²) in [6.07, 6.45) is -2.06. The lowest BCUT2D eigenvalue weighted by Gasteiger charge is -2.09. The Morgan fingerprint density at radius 2 is 2.00 bits per heavy atom. The van der Waals surface area contributed by atoms with Crippen LogP contribution >= 0.6 is 0 Å². The van der Waals surface area contributed by atoms with E-state index in [4.69, 9.17) is 0 Å². The molecular weight excluding hydrogens is 309 g/mol. The van der Waals surface area contributed by atoms with Gasteiger partial charge in [0.15, 0.2) is 5.69 Å². The molecule has 5 nitrogen and oxygen atoms in total. The van der Waals surface area contributed by atoms with Crippen molar-refractivity contribution >= 4 is 22.5 Å². The molecule has 0 aliphatic carbocycles. The van der Waals surface area contributed by atoms with E-state index >= 15 is 0 Å². The van der Waals surface area contributed by atoms with Gasteiger partial charge in [-0.2, -0.15) is 18.3 Å². The number of nitrogens with one attached hydrogen (secondary N) is 1. The van der Waals surface area contributed by atoms with E-state index in [-0.39, 0.29) is 0 Å². The molecule has 1 amide bonds. The van der Waals surface area contributed by atoms with E-state index in [1.807, 2.05) is 0 Å². The van der Waals surface area contributed by atoms with Crippen LogP contribution in [-0.4, -0.2) is 20.7 Å². The number of carbonyl (C=O) groups is 1. The monoisotopic (exact) mass is 320 g/mol. The number of benzene rings is 1. The highest BCUT2D eigenvalue weighted by molar-refractivity contribution is 6.09. The summed E-state index contributed by atoms with van der Waals surface area (Å²) < 4.78 is 39.8. The molecule has 118 valence electrons. The van der Waals surface area contributed by atoms with Gasteiger partial charge in [0.05, 0.1) is 16.8 Å². The van der Waals surface area contributed by atoms with Crippen molar-refractivity contribution in [2.75, 3.05) is 5.32 Å². The average Bonchev–Trinajstić information content (AvgIpc) is 2.90. The maximum atomic E-state index is 12.9. The van der Waals surface area contributed by atoms with Crippen molar-refractivity contribution in [3.05, 3.63) is 54.0 Å². The lowest BCUT2D eigenvalue weighted by atomic mass is 10.1. The minimum atomic E-state index is -4.70. The van der Waals surface area contributed by atoms with Crippen LogP contribution in [0.15, 0.2) is 42.7 Å². The lowest BCUT2D eigenvalue weighted by molar-refractivity contribution is -0.141. The number of aromatic nitrogens is 3. The smallest absolute Gasteiger partial charge is 0.321 e. The Morgan fingerprint density at radius 1 is 1.22 bits per heavy atom. The minimum absolute atomic E-state index is 0.387. The van der Waals surface area contributed by atoms with E-state index in [9.17, 15) is 18.0 Å². The van der Waals surface area contributed by atoms with Crippen LogP contribution in [0.5, 0.6) is 0 Å². The van der Waals surface area contributed by atoms with E-state index in [1.54, 1.807) is 36.5 Å². The normalized spacial score (nSPS) is 11.7. The zero-order valence-electron chi connectivity index (χ0n) is 11.9. The third kappa shape index (κ3) is 2.87. The fourth-order valence-electron chi connectivity index (χ4n) is 2.27. The number of hydrogen-bond donors (Lipinski definition) is 1. The van der Waals surface area contributed by atoms with Gasteiger partial charge in [0, 0.05) is 24.8 Å². The van der Waals surface area contributed by atoms with E-state index in [1.165, 1.54) is 7.05 Å². The summed E-state index contributed by atoms with van der Waals surface area (Å²) >= 11 is 0. The molecular formula is C15H11F3N4O. The summed E-state index contributed by atoms with van der Waals surface area (Å²) in [6, 6.07) is 8.43. The third-order valence-electron chi connectivity index (χ3n) is 3.24. The molecule has 0 aliphatic rings. The average molecular weight is 320 g/mol. The molecule has 3 aromatic rings. The van der Waals surface area contributed by atoms with Crippen LogP contribution in [0, 0.1) is 0 Å². The molecule has 8 heteroatoms. The Labute approximate surface area is 128 Å². The first-order valence-corrected chi connectivity index (χ1v) is 6.62. The Bertz CT molecular complexity index is 881. The maximum Gasteiger partial charge on any atom is 0.435 e. The molecule has 0 radical (unpaired) electrons. The van der Waals surface area contributed by atoms with E-state index in [0.29, 0.717) is 16.6 Å². The van der Waals surface area contributed by atoms with Crippen LogP contribution in [0.25, 0.3) is 10.9 Å². The topological polar surface area (TPSA) is 59.8 Å². The maximum absolute atomic E-state index is 12.9. The summed E-state index contributed by atoms with van der Waals surface area (Å²) in [4.78, 5) is 16.4. The second-order valence-corrected chi connectivity index (χ2v) is 4.89. The molecule has 0 spiro atoms. The van der Waals surface area contributed by atoms with Crippen molar-refractivity contribution in [3.63, 3.8) is 0 Å². The van der Waals surface area contributed by atoms with Gasteiger partial charge in [-0.05, 0) is 24.3 Å². The minimum Gasteiger partial charge on any atom is -0.321 e. The predicted molar refractivity (Wildman–Crippen MR) is 77.9 cm³/mol. The number of alkyl halides is 3. The number of pyridine rings is 1. The Hall–Kier alpha value is -2.90. The van der Waals surface area contributed by atoms with Gasteiger partial charge >= 0.3 is 6.18 Å². The highest BCUT2D eigenvalue weighted by Gasteiger charge is 2.39. The number of hydrogen-bond acceptors (Lipinski definition) is 3. The first-order valence-electron chi connectivity index (χ1n) is 6.62. The summed E-state index contributed by atoms with van der Waals surface area (Å²) in [5, 5.41) is 6.46. The number of rotatable bonds is 2. The van der Waals surface area contributed by atoms with Crippen molar-refractivity contribution in [3.8, 4) is 0 Å². The summed E-state index contributed by atoms with van der Waals surface area (Å²) in [7, 11) is 1.33. The first-order chi connectivity index (χ1) is 10.9. The van der Waals surface area contributed by atoms with E-state index in [0.717, 1.165) is 10.9 Å². The number of fused-ring (bicyclic) bond motifs is 1. The standard InChI is InChI=1S/C15H11F3N4O/c1-22-8-10(13(21-22)15(16,17)18)14(23)20-12-6-2-5-11-9(12)4-3-7-19-11/h2-8H,1H3,(H,20,23). The van der Waals surface area contributed by atoms with Gasteiger partial charge in [-0.25, -0.2) is 0 Å². The second-order valence-electron chi connectivity index (χ2n) is 4.89. The first kappa shape index (κ1) is 15.0. The molecule has 0 saturated carbocycles. The SMILES string of the molecule is Cn1cc(C(=O)Nc2cccc3ncccc23)c(C(F)(F)F)n1. The summed E-state index contributed by atoms with van der Waals surface area (Å²) in [6.45, 7) is 0. The van der Waals surface area contributed by atoms with Crippen LogP contribution in [0.3, 0.4) is 0 Å². The Morgan fingerprint density at radius 3 is 2.74 bits per heavy atom. The van der Waals surface area contributed by atoms with Gasteiger partial charge in [0.25, 0.3) is 5.91 Å². The predicted octanol–water partition coefficient (Wildman–Crippen LogP) is 3.24. The number of nitrogens with zero attached hydrogens (tertiary/aromatic N) is 3. The van der Waals surface area contributed by atoms with Crippen LogP contribution in [0.4, 0.5) is 18.9 Å². The summed E-state index contributed by atoms with van der Waals surface area (Å²) in [5.74, 6) is -0.873. The number of halogens is 3. The van der Waals surface area contributed by atoms with Crippen molar-refractivity contribution in [1.29, 1.82) is 0 Å². The van der Waals surface area contributed by atoms with Gasteiger partial charge in [0.2, 0.25) is 0 Å². The van der Waals surface area contributed by atoms with Crippen LogP contribution in [0.1, 0.15) is 16.1 Å². The molecule has 0 saturated heterocycles. The molecule has 0 atom stereocenters. The zero-order chi connectivity index (χ0) is 16.6. The van der Waals surface area contributed by atoms with Gasteiger partial charge < -0.3 is 5.32 Å². The van der Waals surface area contributed by atoms with Crippen molar-refractivity contribution in [2.45, 2.75) is 6.18 Å². The fraction of sp³-hybridized carbons (Fsp3) is 0.133. The van der Waals surface area contributed by atoms with Gasteiger partial charge in [-0.1, -0.05) is 6.07 Å². The van der Waals surface area contributed by atoms with Crippen LogP contribution < -0.4 is 5.32 Å². The second kappa shape index (κ2) is 5.38. The largest absolute Gasteiger partial charge is 0.435 e. The molecule has 3 rings (SSSR count). The quantitative estimate of drug-likeness (QED) is 0.788. The molecule has 0 unspecified atom stereocenters. The number of amides is 1. The lowest BCUT2D eigenvalue weighted by Crippen LogP contribution is -2.18. The Balaban J connectivity index is 1.99. The molecule has 23 heavy (non-hydrogen) atoms. The van der Waals surface area contributed by atoms with Crippen LogP contribution in [-0.2, 0) is 13.2 Å². The van der Waals surface area contributed by atoms with Gasteiger partial charge in [0.1, 0.15) is 0 Å². The molecule has 2 heterocycles. The highest BCUT2D eigenvalue weighted by atomic mass is 19.4. The fourth-order valence-corrected chi connectivity index (χ4v) is 2.27. The molecule has 0 aliphatic heterocycles. The van der Waals surface area contributed by atoms with E-state index < -0.39 is 23.3 Å². The van der Waals surface area contributed by atoms with Crippen molar-refractivity contribution in [2.24, 2.45) is 7.05 Å².